The van der Waals surface area contributed by atoms with Gasteiger partial charge in [0.05, 0.1) is 19.3 Å². The normalized spacial score (nSPS) is 11.0. The summed E-state index contributed by atoms with van der Waals surface area (Å²) >= 11 is 3.41. The van der Waals surface area contributed by atoms with E-state index >= 15 is 0 Å². The second-order valence-electron chi connectivity index (χ2n) is 7.60. The summed E-state index contributed by atoms with van der Waals surface area (Å²) in [6.07, 6.45) is 5.26. The van der Waals surface area contributed by atoms with Crippen molar-refractivity contribution in [2.75, 3.05) is 6.54 Å². The Bertz CT molecular complexity index is 1250. The van der Waals surface area contributed by atoms with Crippen molar-refractivity contribution >= 4 is 32.9 Å². The van der Waals surface area contributed by atoms with Crippen molar-refractivity contribution in [1.29, 1.82) is 0 Å². The Labute approximate surface area is 194 Å². The summed E-state index contributed by atoms with van der Waals surface area (Å²) in [6, 6.07) is 18.0. The number of nitrogens with zero attached hydrogens (tertiary/aromatic N) is 4. The van der Waals surface area contributed by atoms with E-state index < -0.39 is 0 Å². The molecule has 1 amide bonds. The highest BCUT2D eigenvalue weighted by atomic mass is 79.9. The van der Waals surface area contributed by atoms with Crippen LogP contribution in [0.25, 0.3) is 11.0 Å². The number of carbonyl (C=O) groups excluding carboxylic acids is 1. The van der Waals surface area contributed by atoms with Crippen LogP contribution in [0.4, 0.5) is 0 Å². The molecule has 0 radical (unpaired) electrons. The second-order valence-corrected chi connectivity index (χ2v) is 8.51. The number of hydrogen-bond acceptors (Lipinski definition) is 4. The van der Waals surface area contributed by atoms with E-state index in [2.05, 4.69) is 43.5 Å². The van der Waals surface area contributed by atoms with Crippen LogP contribution in [0.1, 0.15) is 24.0 Å². The molecule has 2 aromatic heterocycles. The fraction of sp³-hybridized carbons (Fsp3) is 0.250. The van der Waals surface area contributed by atoms with Gasteiger partial charge in [-0.2, -0.15) is 5.10 Å². The molecule has 0 unspecified atom stereocenters. The largest absolute Gasteiger partial charge is 0.354 e. The van der Waals surface area contributed by atoms with Gasteiger partial charge >= 0.3 is 0 Å². The number of hydrogen-bond donors (Lipinski definition) is 1. The molecule has 7 nitrogen and oxygen atoms in total. The lowest BCUT2D eigenvalue weighted by Crippen LogP contribution is -2.27. The van der Waals surface area contributed by atoms with Gasteiger partial charge < -0.3 is 5.32 Å². The molecule has 4 aromatic rings. The zero-order chi connectivity index (χ0) is 22.3. The Balaban J connectivity index is 1.31. The number of rotatable bonds is 9. The summed E-state index contributed by atoms with van der Waals surface area (Å²) in [7, 11) is 0. The SMILES string of the molecule is O=C(CCCc1ccccc1)NCCn1ncc2c(=O)n(Cc3ccc(Br)cc3)cnc21. The molecule has 0 saturated heterocycles. The van der Waals surface area contributed by atoms with Gasteiger partial charge in [-0.05, 0) is 36.1 Å². The van der Waals surface area contributed by atoms with E-state index in [4.69, 9.17) is 0 Å². The summed E-state index contributed by atoms with van der Waals surface area (Å²) in [6.45, 7) is 1.33. The van der Waals surface area contributed by atoms with Gasteiger partial charge in [0, 0.05) is 17.4 Å². The first kappa shape index (κ1) is 22.0. The van der Waals surface area contributed by atoms with Gasteiger partial charge in [-0.25, -0.2) is 9.67 Å². The number of aryl methyl sites for hydroxylation is 1. The molecule has 32 heavy (non-hydrogen) atoms. The molecule has 0 aliphatic rings. The lowest BCUT2D eigenvalue weighted by Gasteiger charge is -2.08. The van der Waals surface area contributed by atoms with Gasteiger partial charge in [-0.1, -0.05) is 58.4 Å². The van der Waals surface area contributed by atoms with Crippen molar-refractivity contribution < 1.29 is 4.79 Å². The van der Waals surface area contributed by atoms with Gasteiger partial charge in [0.2, 0.25) is 5.91 Å². The molecule has 4 rings (SSSR count). The molecule has 1 N–H and O–H groups in total. The smallest absolute Gasteiger partial charge is 0.264 e. The molecule has 164 valence electrons. The quantitative estimate of drug-likeness (QED) is 0.386. The lowest BCUT2D eigenvalue weighted by molar-refractivity contribution is -0.121. The maximum Gasteiger partial charge on any atom is 0.264 e. The van der Waals surface area contributed by atoms with E-state index in [9.17, 15) is 9.59 Å². The highest BCUT2D eigenvalue weighted by Gasteiger charge is 2.11. The van der Waals surface area contributed by atoms with Crippen LogP contribution in [-0.4, -0.2) is 31.8 Å². The average molecular weight is 494 g/mol. The van der Waals surface area contributed by atoms with Gasteiger partial charge in [-0.15, -0.1) is 0 Å². The van der Waals surface area contributed by atoms with Crippen LogP contribution in [0.3, 0.4) is 0 Å². The number of fused-ring (bicyclic) bond motifs is 1. The minimum atomic E-state index is -0.130. The van der Waals surface area contributed by atoms with Crippen molar-refractivity contribution in [1.82, 2.24) is 24.6 Å². The monoisotopic (exact) mass is 493 g/mol. The van der Waals surface area contributed by atoms with Crippen LogP contribution < -0.4 is 10.9 Å². The van der Waals surface area contributed by atoms with Gasteiger partial charge in [0.15, 0.2) is 5.65 Å². The summed E-state index contributed by atoms with van der Waals surface area (Å²) < 4.78 is 4.23. The molecular formula is C24H24BrN5O2. The van der Waals surface area contributed by atoms with Crippen molar-refractivity contribution in [2.45, 2.75) is 32.4 Å². The minimum Gasteiger partial charge on any atom is -0.354 e. The molecule has 0 spiro atoms. The Morgan fingerprint density at radius 1 is 1.03 bits per heavy atom. The van der Waals surface area contributed by atoms with Crippen LogP contribution in [0, 0.1) is 0 Å². The molecule has 2 heterocycles. The average Bonchev–Trinajstić information content (AvgIpc) is 3.22. The molecule has 0 atom stereocenters. The molecule has 0 bridgehead atoms. The second kappa shape index (κ2) is 10.4. The molecular weight excluding hydrogens is 470 g/mol. The highest BCUT2D eigenvalue weighted by Crippen LogP contribution is 2.12. The number of halogens is 1. The summed E-state index contributed by atoms with van der Waals surface area (Å²) in [5.41, 5.74) is 2.65. The summed E-state index contributed by atoms with van der Waals surface area (Å²) in [4.78, 5) is 29.4. The predicted molar refractivity (Wildman–Crippen MR) is 127 cm³/mol. The minimum absolute atomic E-state index is 0.0159. The first-order chi connectivity index (χ1) is 15.6. The Morgan fingerprint density at radius 3 is 2.59 bits per heavy atom. The van der Waals surface area contributed by atoms with Gasteiger partial charge in [0.25, 0.3) is 5.56 Å². The Hall–Kier alpha value is -3.26. The van der Waals surface area contributed by atoms with E-state index in [0.717, 1.165) is 22.9 Å². The topological polar surface area (TPSA) is 81.8 Å². The van der Waals surface area contributed by atoms with Gasteiger partial charge in [-0.3, -0.25) is 14.2 Å². The lowest BCUT2D eigenvalue weighted by atomic mass is 10.1. The van der Waals surface area contributed by atoms with E-state index in [1.165, 1.54) is 5.56 Å². The number of nitrogens with one attached hydrogen (secondary N) is 1. The molecule has 0 fully saturated rings. The van der Waals surface area contributed by atoms with E-state index in [-0.39, 0.29) is 11.5 Å². The van der Waals surface area contributed by atoms with Crippen LogP contribution in [0.15, 0.2) is 76.4 Å². The summed E-state index contributed by atoms with van der Waals surface area (Å²) in [5.74, 6) is 0.0159. The fourth-order valence-electron chi connectivity index (χ4n) is 3.55. The maximum atomic E-state index is 12.8. The van der Waals surface area contributed by atoms with Crippen molar-refractivity contribution in [2.24, 2.45) is 0 Å². The molecule has 0 aliphatic heterocycles. The first-order valence-corrected chi connectivity index (χ1v) is 11.4. The predicted octanol–water partition coefficient (Wildman–Crippen LogP) is 3.54. The van der Waals surface area contributed by atoms with Crippen molar-refractivity contribution in [3.8, 4) is 0 Å². The van der Waals surface area contributed by atoms with Crippen LogP contribution in [0.2, 0.25) is 0 Å². The third-order valence-electron chi connectivity index (χ3n) is 5.25. The standard InChI is InChI=1S/C24H24BrN5O2/c25-20-11-9-19(10-12-20)16-29-17-27-23-21(24(29)32)15-28-30(23)14-13-26-22(31)8-4-7-18-5-2-1-3-6-18/h1-3,5-6,9-12,15,17H,4,7-8,13-14,16H2,(H,26,31). The zero-order valence-corrected chi connectivity index (χ0v) is 19.2. The fourth-order valence-corrected chi connectivity index (χ4v) is 3.81. The maximum absolute atomic E-state index is 12.8. The van der Waals surface area contributed by atoms with Crippen molar-refractivity contribution in [3.05, 3.63) is 93.1 Å². The van der Waals surface area contributed by atoms with Crippen LogP contribution in [-0.2, 0) is 24.3 Å². The number of carbonyl (C=O) groups is 1. The molecule has 0 saturated carbocycles. The van der Waals surface area contributed by atoms with Crippen LogP contribution >= 0.6 is 15.9 Å². The Morgan fingerprint density at radius 2 is 1.81 bits per heavy atom. The molecule has 2 aromatic carbocycles. The van der Waals surface area contributed by atoms with Crippen LogP contribution in [0.5, 0.6) is 0 Å². The number of aromatic nitrogens is 4. The number of amides is 1. The Kier molecular flexibility index (Phi) is 7.11. The van der Waals surface area contributed by atoms with E-state index in [0.29, 0.717) is 37.1 Å². The van der Waals surface area contributed by atoms with E-state index in [1.54, 1.807) is 21.8 Å². The summed E-state index contributed by atoms with van der Waals surface area (Å²) in [5, 5.41) is 7.69. The third kappa shape index (κ3) is 5.50. The van der Waals surface area contributed by atoms with Gasteiger partial charge in [0.1, 0.15) is 11.7 Å². The molecule has 0 aliphatic carbocycles. The van der Waals surface area contributed by atoms with E-state index in [1.807, 2.05) is 42.5 Å². The first-order valence-electron chi connectivity index (χ1n) is 10.6. The number of benzene rings is 2. The zero-order valence-electron chi connectivity index (χ0n) is 17.6. The highest BCUT2D eigenvalue weighted by molar-refractivity contribution is 9.10. The van der Waals surface area contributed by atoms with Crippen molar-refractivity contribution in [3.63, 3.8) is 0 Å². The third-order valence-corrected chi connectivity index (χ3v) is 5.78. The molecule has 8 heteroatoms.